The van der Waals surface area contributed by atoms with E-state index < -0.39 is 67.3 Å². The van der Waals surface area contributed by atoms with Crippen molar-refractivity contribution in [2.24, 2.45) is 0 Å². The predicted molar refractivity (Wildman–Crippen MR) is 294 cm³/mol. The fourth-order valence-electron chi connectivity index (χ4n) is 7.63. The van der Waals surface area contributed by atoms with Crippen LogP contribution < -0.4 is 0 Å². The van der Waals surface area contributed by atoms with Gasteiger partial charge in [0.05, 0.1) is 13.0 Å². The SMILES string of the molecule is CC/C=C\C/C=C\C/C=C\C/C=C\C/C=C\CC(=O)OC1C(OCC(COC(=O)CCCCCCC/C=C\CCCCCCCC)OC(=O)CCCCC/C=C\C/C=C\C/C=C\CC)OC(C(=O)O)C(O)C1O. The Morgan fingerprint density at radius 3 is 1.41 bits per heavy atom. The zero-order valence-corrected chi connectivity index (χ0v) is 45.1. The lowest BCUT2D eigenvalue weighted by molar-refractivity contribution is -0.301. The normalized spacial score (nSPS) is 19.2. The van der Waals surface area contributed by atoms with Crippen LogP contribution in [0.1, 0.15) is 201 Å². The number of aliphatic hydroxyl groups is 2. The van der Waals surface area contributed by atoms with Crippen LogP contribution >= 0.6 is 0 Å². The molecule has 0 aliphatic carbocycles. The molecule has 1 rings (SSSR count). The van der Waals surface area contributed by atoms with E-state index in [1.54, 1.807) is 12.2 Å². The van der Waals surface area contributed by atoms with Crippen molar-refractivity contribution in [2.75, 3.05) is 13.2 Å². The van der Waals surface area contributed by atoms with Gasteiger partial charge >= 0.3 is 23.9 Å². The van der Waals surface area contributed by atoms with E-state index in [1.807, 2.05) is 12.2 Å². The van der Waals surface area contributed by atoms with Gasteiger partial charge in [0.2, 0.25) is 0 Å². The molecule has 6 atom stereocenters. The summed E-state index contributed by atoms with van der Waals surface area (Å²) in [6, 6.07) is 0. The minimum atomic E-state index is -1.94. The highest BCUT2D eigenvalue weighted by atomic mass is 16.7. The molecule has 412 valence electrons. The number of carbonyl (C=O) groups excluding carboxylic acids is 3. The van der Waals surface area contributed by atoms with Crippen molar-refractivity contribution in [1.82, 2.24) is 0 Å². The number of rotatable bonds is 45. The third-order valence-corrected chi connectivity index (χ3v) is 11.8. The zero-order chi connectivity index (χ0) is 53.3. The van der Waals surface area contributed by atoms with Crippen molar-refractivity contribution in [3.8, 4) is 0 Å². The number of hydrogen-bond donors (Lipinski definition) is 3. The Labute approximate surface area is 440 Å². The molecule has 0 aromatic rings. The van der Waals surface area contributed by atoms with Crippen molar-refractivity contribution >= 4 is 23.9 Å². The van der Waals surface area contributed by atoms with E-state index in [2.05, 4.69) is 106 Å². The number of carboxylic acids is 1. The number of hydrogen-bond acceptors (Lipinski definition) is 11. The molecule has 0 aromatic carbocycles. The quantitative estimate of drug-likeness (QED) is 0.0228. The molecule has 0 bridgehead atoms. The molecule has 0 saturated carbocycles. The average Bonchev–Trinajstić information content (AvgIpc) is 3.37. The smallest absolute Gasteiger partial charge is 0.335 e. The third-order valence-electron chi connectivity index (χ3n) is 11.8. The van der Waals surface area contributed by atoms with Gasteiger partial charge in [0.1, 0.15) is 18.8 Å². The average molecular weight is 1020 g/mol. The first-order valence-corrected chi connectivity index (χ1v) is 27.9. The summed E-state index contributed by atoms with van der Waals surface area (Å²) in [5.74, 6) is -3.35. The number of unbranched alkanes of at least 4 members (excludes halogenated alkanes) is 14. The minimum Gasteiger partial charge on any atom is -0.479 e. The number of aliphatic hydroxyl groups excluding tert-OH is 2. The van der Waals surface area contributed by atoms with Crippen LogP contribution in [-0.2, 0) is 42.9 Å². The van der Waals surface area contributed by atoms with Crippen LogP contribution in [0, 0.1) is 0 Å². The van der Waals surface area contributed by atoms with Crippen LogP contribution in [0.2, 0.25) is 0 Å². The molecular weight excluding hydrogens is 925 g/mol. The molecule has 73 heavy (non-hydrogen) atoms. The molecule has 1 saturated heterocycles. The summed E-state index contributed by atoms with van der Waals surface area (Å²) in [4.78, 5) is 50.9. The summed E-state index contributed by atoms with van der Waals surface area (Å²) in [6.45, 7) is 5.66. The van der Waals surface area contributed by atoms with Crippen LogP contribution in [0.5, 0.6) is 0 Å². The van der Waals surface area contributed by atoms with Gasteiger partial charge < -0.3 is 39.0 Å². The van der Waals surface area contributed by atoms with E-state index in [4.69, 9.17) is 23.7 Å². The Hall–Kier alpha value is -4.62. The van der Waals surface area contributed by atoms with Crippen molar-refractivity contribution < 1.29 is 58.2 Å². The maximum atomic E-state index is 13.1. The number of esters is 3. The van der Waals surface area contributed by atoms with Crippen molar-refractivity contribution in [2.45, 2.75) is 237 Å². The Kier molecular flexibility index (Phi) is 44.0. The largest absolute Gasteiger partial charge is 0.479 e. The maximum absolute atomic E-state index is 13.1. The van der Waals surface area contributed by atoms with Gasteiger partial charge in [-0.05, 0) is 103 Å². The van der Waals surface area contributed by atoms with Crippen molar-refractivity contribution in [1.29, 1.82) is 0 Å². The highest BCUT2D eigenvalue weighted by molar-refractivity contribution is 5.74. The second kappa shape index (κ2) is 48.3. The number of carboxylic acid groups (broad SMARTS) is 1. The molecule has 0 spiro atoms. The summed E-state index contributed by atoms with van der Waals surface area (Å²) in [5.41, 5.74) is 0. The lowest BCUT2D eigenvalue weighted by Crippen LogP contribution is -2.61. The summed E-state index contributed by atoms with van der Waals surface area (Å²) in [5, 5.41) is 31.4. The van der Waals surface area contributed by atoms with Gasteiger partial charge in [-0.3, -0.25) is 14.4 Å². The van der Waals surface area contributed by atoms with Crippen LogP contribution in [-0.4, -0.2) is 89.2 Å². The molecule has 1 heterocycles. The molecule has 12 heteroatoms. The molecule has 3 N–H and O–H groups in total. The molecule has 6 unspecified atom stereocenters. The second-order valence-corrected chi connectivity index (χ2v) is 18.5. The van der Waals surface area contributed by atoms with Crippen LogP contribution in [0.3, 0.4) is 0 Å². The van der Waals surface area contributed by atoms with Crippen LogP contribution in [0.15, 0.2) is 109 Å². The Balaban J connectivity index is 2.79. The monoisotopic (exact) mass is 1020 g/mol. The Morgan fingerprint density at radius 2 is 0.904 bits per heavy atom. The Bertz CT molecular complexity index is 1690. The predicted octanol–water partition coefficient (Wildman–Crippen LogP) is 13.9. The van der Waals surface area contributed by atoms with E-state index in [1.165, 1.54) is 38.5 Å². The maximum Gasteiger partial charge on any atom is 0.335 e. The van der Waals surface area contributed by atoms with E-state index in [9.17, 15) is 34.5 Å². The Morgan fingerprint density at radius 1 is 0.479 bits per heavy atom. The van der Waals surface area contributed by atoms with Crippen LogP contribution in [0.4, 0.5) is 0 Å². The molecule has 0 radical (unpaired) electrons. The molecule has 1 aliphatic rings. The standard InChI is InChI=1S/C61H96O12/c1-4-7-10-13-16-19-22-25-27-30-32-35-38-41-44-47-53(62)69-50-52(71-54(63)48-45-42-39-36-33-29-24-21-18-15-12-9-6-3)51-70-61-59(57(66)56(65)58(73-61)60(67)68)72-55(64)49-46-43-40-37-34-31-28-26-23-20-17-14-11-8-5-2/h8-9,11-12,17-18,20-21,25-29,33-34,37,43,46,52,56-59,61,65-66H,4-7,10,13-16,19,22-24,30-32,35-36,38-42,44-45,47-51H2,1-3H3,(H,67,68)/b11-8-,12-9-,20-17-,21-18-,27-25-,28-26-,33-29-,37-34-,46-43-. The summed E-state index contributed by atoms with van der Waals surface area (Å²) < 4.78 is 28.2. The highest BCUT2D eigenvalue weighted by Gasteiger charge is 2.50. The number of carbonyl (C=O) groups is 4. The first-order chi connectivity index (χ1) is 35.6. The lowest BCUT2D eigenvalue weighted by atomic mass is 9.98. The minimum absolute atomic E-state index is 0.110. The van der Waals surface area contributed by atoms with Gasteiger partial charge in [-0.15, -0.1) is 0 Å². The topological polar surface area (TPSA) is 175 Å². The van der Waals surface area contributed by atoms with E-state index in [0.717, 1.165) is 103 Å². The van der Waals surface area contributed by atoms with Gasteiger partial charge in [-0.25, -0.2) is 4.79 Å². The molecule has 0 aromatic heterocycles. The van der Waals surface area contributed by atoms with Gasteiger partial charge in [0.15, 0.2) is 24.6 Å². The van der Waals surface area contributed by atoms with Crippen molar-refractivity contribution in [3.63, 3.8) is 0 Å². The summed E-state index contributed by atoms with van der Waals surface area (Å²) in [7, 11) is 0. The highest BCUT2D eigenvalue weighted by Crippen LogP contribution is 2.26. The molecular formula is C61H96O12. The fraction of sp³-hybridized carbons (Fsp3) is 0.639. The van der Waals surface area contributed by atoms with Crippen molar-refractivity contribution in [3.05, 3.63) is 109 Å². The zero-order valence-electron chi connectivity index (χ0n) is 45.1. The molecule has 1 aliphatic heterocycles. The molecule has 1 fully saturated rings. The van der Waals surface area contributed by atoms with Gasteiger partial charge in [-0.1, -0.05) is 188 Å². The van der Waals surface area contributed by atoms with E-state index in [0.29, 0.717) is 19.3 Å². The number of ether oxygens (including phenoxy) is 5. The van der Waals surface area contributed by atoms with Gasteiger partial charge in [-0.2, -0.15) is 0 Å². The van der Waals surface area contributed by atoms with Crippen LogP contribution in [0.25, 0.3) is 0 Å². The first kappa shape index (κ1) is 66.4. The summed E-state index contributed by atoms with van der Waals surface area (Å²) >= 11 is 0. The fourth-order valence-corrected chi connectivity index (χ4v) is 7.63. The van der Waals surface area contributed by atoms with Gasteiger partial charge in [0.25, 0.3) is 0 Å². The molecule has 12 nitrogen and oxygen atoms in total. The number of allylic oxidation sites excluding steroid dienone is 17. The lowest BCUT2D eigenvalue weighted by Gasteiger charge is -2.40. The van der Waals surface area contributed by atoms with E-state index >= 15 is 0 Å². The summed E-state index contributed by atoms with van der Waals surface area (Å²) in [6.07, 6.45) is 52.4. The van der Waals surface area contributed by atoms with E-state index in [-0.39, 0.29) is 25.9 Å². The first-order valence-electron chi connectivity index (χ1n) is 27.9. The molecule has 0 amide bonds. The second-order valence-electron chi connectivity index (χ2n) is 18.5. The number of aliphatic carboxylic acids is 1. The van der Waals surface area contributed by atoms with Gasteiger partial charge in [0, 0.05) is 12.8 Å². The third kappa shape index (κ3) is 38.6.